The van der Waals surface area contributed by atoms with Crippen molar-refractivity contribution in [2.75, 3.05) is 0 Å². The predicted molar refractivity (Wildman–Crippen MR) is 73.7 cm³/mol. The van der Waals surface area contributed by atoms with Crippen LogP contribution in [0.15, 0.2) is 21.7 Å². The Balaban J connectivity index is 2.58. The van der Waals surface area contributed by atoms with Gasteiger partial charge in [-0.3, -0.25) is 0 Å². The SMILES string of the molecule is C[C@]1(c2nc(Br)ccc2F)OC(NC(=O)O)=N[C@@H](C(F)(F)F)[C@H]1F. The molecule has 3 atom stereocenters. The molecule has 24 heavy (non-hydrogen) atoms. The highest BCUT2D eigenvalue weighted by Crippen LogP contribution is 2.42. The summed E-state index contributed by atoms with van der Waals surface area (Å²) in [6.45, 7) is 0.826. The molecular formula is C12H9BrF5N3O3. The first-order valence-corrected chi connectivity index (χ1v) is 7.04. The second-order valence-corrected chi connectivity index (χ2v) is 5.74. The Morgan fingerprint density at radius 2 is 2.08 bits per heavy atom. The summed E-state index contributed by atoms with van der Waals surface area (Å²) >= 11 is 2.90. The summed E-state index contributed by atoms with van der Waals surface area (Å²) in [7, 11) is 0. The highest BCUT2D eigenvalue weighted by molar-refractivity contribution is 9.10. The third-order valence-corrected chi connectivity index (χ3v) is 3.64. The number of hydrogen-bond donors (Lipinski definition) is 2. The minimum absolute atomic E-state index is 0.0229. The molecule has 0 unspecified atom stereocenters. The van der Waals surface area contributed by atoms with Gasteiger partial charge in [-0.2, -0.15) is 13.2 Å². The van der Waals surface area contributed by atoms with Crippen molar-refractivity contribution in [3.8, 4) is 0 Å². The van der Waals surface area contributed by atoms with E-state index in [2.05, 4.69) is 25.9 Å². The van der Waals surface area contributed by atoms with Gasteiger partial charge in [0.05, 0.1) is 0 Å². The summed E-state index contributed by atoms with van der Waals surface area (Å²) in [5, 5.41) is 10.1. The lowest BCUT2D eigenvalue weighted by Gasteiger charge is -2.39. The van der Waals surface area contributed by atoms with E-state index in [1.807, 2.05) is 0 Å². The van der Waals surface area contributed by atoms with Crippen LogP contribution in [0.3, 0.4) is 0 Å². The molecule has 1 aliphatic heterocycles. The number of amidine groups is 1. The van der Waals surface area contributed by atoms with Crippen molar-refractivity contribution in [2.45, 2.75) is 30.9 Å². The Morgan fingerprint density at radius 3 is 2.62 bits per heavy atom. The number of ether oxygens (including phenoxy) is 1. The number of halogens is 6. The molecule has 0 radical (unpaired) electrons. The number of carboxylic acid groups (broad SMARTS) is 1. The fraction of sp³-hybridized carbons (Fsp3) is 0.417. The molecule has 2 N–H and O–H groups in total. The summed E-state index contributed by atoms with van der Waals surface area (Å²) in [5.74, 6) is -1.12. The zero-order chi connectivity index (χ0) is 18.3. The van der Waals surface area contributed by atoms with Gasteiger partial charge in [-0.1, -0.05) is 0 Å². The number of aromatic nitrogens is 1. The van der Waals surface area contributed by atoms with E-state index in [0.717, 1.165) is 19.1 Å². The topological polar surface area (TPSA) is 83.8 Å². The first-order chi connectivity index (χ1) is 10.9. The van der Waals surface area contributed by atoms with Crippen molar-refractivity contribution in [1.29, 1.82) is 0 Å². The lowest BCUT2D eigenvalue weighted by Crippen LogP contribution is -2.56. The van der Waals surface area contributed by atoms with Crippen LogP contribution in [0.5, 0.6) is 0 Å². The van der Waals surface area contributed by atoms with Gasteiger partial charge < -0.3 is 9.84 Å². The van der Waals surface area contributed by atoms with Gasteiger partial charge in [-0.15, -0.1) is 0 Å². The van der Waals surface area contributed by atoms with E-state index in [1.54, 1.807) is 0 Å². The summed E-state index contributed by atoms with van der Waals surface area (Å²) < 4.78 is 72.6. The Bertz CT molecular complexity index is 699. The standard InChI is InChI=1S/C12H9BrF5N3O3/c1-11(7-4(14)2-3-5(13)19-7)6(15)8(12(16,17)18)20-9(24-11)21-10(22)23/h2-3,6,8H,1H3,(H,20,21)(H,22,23)/t6-,8-,11+/m1/s1. The van der Waals surface area contributed by atoms with Crippen LogP contribution < -0.4 is 5.32 Å². The first-order valence-electron chi connectivity index (χ1n) is 6.25. The third kappa shape index (κ3) is 3.42. The van der Waals surface area contributed by atoms with Crippen LogP contribution >= 0.6 is 15.9 Å². The average molecular weight is 418 g/mol. The van der Waals surface area contributed by atoms with Gasteiger partial charge in [0.1, 0.15) is 16.1 Å². The minimum atomic E-state index is -5.15. The number of nitrogens with zero attached hydrogens (tertiary/aromatic N) is 2. The third-order valence-electron chi connectivity index (χ3n) is 3.20. The van der Waals surface area contributed by atoms with E-state index >= 15 is 0 Å². The highest BCUT2D eigenvalue weighted by atomic mass is 79.9. The maximum atomic E-state index is 14.6. The summed E-state index contributed by atoms with van der Waals surface area (Å²) in [5.41, 5.74) is -3.33. The zero-order valence-corrected chi connectivity index (χ0v) is 13.3. The predicted octanol–water partition coefficient (Wildman–Crippen LogP) is 3.12. The van der Waals surface area contributed by atoms with Gasteiger partial charge >= 0.3 is 12.3 Å². The van der Waals surface area contributed by atoms with E-state index in [0.29, 0.717) is 0 Å². The van der Waals surface area contributed by atoms with Gasteiger partial charge in [0.2, 0.25) is 0 Å². The van der Waals surface area contributed by atoms with Crippen LogP contribution in [0.4, 0.5) is 26.7 Å². The van der Waals surface area contributed by atoms with Crippen molar-refractivity contribution in [1.82, 2.24) is 10.3 Å². The molecule has 0 aromatic carbocycles. The maximum Gasteiger partial charge on any atom is 0.413 e. The quantitative estimate of drug-likeness (QED) is 0.543. The van der Waals surface area contributed by atoms with Gasteiger partial charge in [-0.25, -0.2) is 28.9 Å². The second kappa shape index (κ2) is 6.15. The molecule has 2 rings (SSSR count). The molecule has 2 heterocycles. The Hall–Kier alpha value is -1.98. The van der Waals surface area contributed by atoms with Crippen molar-refractivity contribution in [3.05, 3.63) is 28.2 Å². The van der Waals surface area contributed by atoms with Crippen LogP contribution in [0.1, 0.15) is 12.6 Å². The second-order valence-electron chi connectivity index (χ2n) is 4.93. The van der Waals surface area contributed by atoms with Crippen LogP contribution in [-0.2, 0) is 10.3 Å². The van der Waals surface area contributed by atoms with Crippen molar-refractivity contribution in [3.63, 3.8) is 0 Å². The Kier molecular flexibility index (Phi) is 4.70. The minimum Gasteiger partial charge on any atom is -0.465 e. The molecule has 1 aliphatic rings. The number of pyridine rings is 1. The summed E-state index contributed by atoms with van der Waals surface area (Å²) in [6.07, 6.45) is -9.80. The van der Waals surface area contributed by atoms with Crippen molar-refractivity contribution >= 4 is 28.0 Å². The fourth-order valence-corrected chi connectivity index (χ4v) is 2.42. The molecule has 0 saturated heterocycles. The van der Waals surface area contributed by atoms with E-state index in [4.69, 9.17) is 9.84 Å². The van der Waals surface area contributed by atoms with Gasteiger partial charge in [0.15, 0.2) is 17.8 Å². The van der Waals surface area contributed by atoms with E-state index in [1.165, 1.54) is 5.32 Å². The van der Waals surface area contributed by atoms with Gasteiger partial charge in [-0.05, 0) is 35.0 Å². The van der Waals surface area contributed by atoms with Crippen LogP contribution in [0, 0.1) is 5.82 Å². The van der Waals surface area contributed by atoms with Crippen LogP contribution in [0.25, 0.3) is 0 Å². The molecular weight excluding hydrogens is 409 g/mol. The van der Waals surface area contributed by atoms with Crippen molar-refractivity contribution in [2.24, 2.45) is 4.99 Å². The number of alkyl halides is 4. The van der Waals surface area contributed by atoms with E-state index in [9.17, 15) is 26.7 Å². The smallest absolute Gasteiger partial charge is 0.413 e. The molecule has 6 nitrogen and oxygen atoms in total. The number of carbonyl (C=O) groups is 1. The molecule has 0 bridgehead atoms. The molecule has 0 spiro atoms. The molecule has 1 aromatic rings. The van der Waals surface area contributed by atoms with E-state index in [-0.39, 0.29) is 4.60 Å². The summed E-state index contributed by atoms with van der Waals surface area (Å²) in [4.78, 5) is 17.1. The van der Waals surface area contributed by atoms with E-state index < -0.39 is 47.6 Å². The molecule has 0 aliphatic carbocycles. The first kappa shape index (κ1) is 18.4. The normalized spacial score (nSPS) is 27.2. The molecule has 132 valence electrons. The average Bonchev–Trinajstić information content (AvgIpc) is 2.43. The van der Waals surface area contributed by atoms with Crippen LogP contribution in [0.2, 0.25) is 0 Å². The molecule has 0 saturated carbocycles. The summed E-state index contributed by atoms with van der Waals surface area (Å²) in [6, 6.07) is -2.06. The monoisotopic (exact) mass is 417 g/mol. The number of hydrogen-bond acceptors (Lipinski definition) is 4. The Labute approximate surface area is 139 Å². The van der Waals surface area contributed by atoms with Crippen LogP contribution in [-0.4, -0.2) is 40.6 Å². The number of nitrogens with one attached hydrogen (secondary N) is 1. The highest BCUT2D eigenvalue weighted by Gasteiger charge is 2.59. The molecule has 1 aromatic heterocycles. The zero-order valence-electron chi connectivity index (χ0n) is 11.7. The lowest BCUT2D eigenvalue weighted by molar-refractivity contribution is -0.188. The lowest BCUT2D eigenvalue weighted by atomic mass is 9.89. The molecule has 12 heteroatoms. The number of rotatable bonds is 1. The molecule has 0 fully saturated rings. The maximum absolute atomic E-state index is 14.6. The largest absolute Gasteiger partial charge is 0.465 e. The number of amides is 1. The Morgan fingerprint density at radius 1 is 1.46 bits per heavy atom. The number of aliphatic imine (C=N–C) groups is 1. The van der Waals surface area contributed by atoms with Gasteiger partial charge in [0.25, 0.3) is 6.02 Å². The fourth-order valence-electron chi connectivity index (χ4n) is 2.11. The van der Waals surface area contributed by atoms with Crippen molar-refractivity contribution < 1.29 is 36.6 Å². The molecule has 1 amide bonds. The van der Waals surface area contributed by atoms with Gasteiger partial charge in [0, 0.05) is 0 Å².